The zero-order valence-electron chi connectivity index (χ0n) is 14.9. The average molecular weight is 347 g/mol. The van der Waals surface area contributed by atoms with Crippen molar-refractivity contribution in [2.24, 2.45) is 11.8 Å². The first-order valence-electron chi connectivity index (χ1n) is 8.77. The molecule has 25 heavy (non-hydrogen) atoms. The van der Waals surface area contributed by atoms with Crippen LogP contribution in [0.25, 0.3) is 0 Å². The molecule has 3 atom stereocenters. The lowest BCUT2D eigenvalue weighted by molar-refractivity contribution is -0.149. The van der Waals surface area contributed by atoms with Crippen LogP contribution in [-0.4, -0.2) is 42.6 Å². The van der Waals surface area contributed by atoms with Gasteiger partial charge >= 0.3 is 5.97 Å². The molecule has 2 aliphatic heterocycles. The lowest BCUT2D eigenvalue weighted by Gasteiger charge is -2.46. The molecule has 3 rings (SSSR count). The van der Waals surface area contributed by atoms with Gasteiger partial charge in [0.25, 0.3) is 0 Å². The minimum absolute atomic E-state index is 0.0389. The summed E-state index contributed by atoms with van der Waals surface area (Å²) in [5, 5.41) is 9.25. The van der Waals surface area contributed by atoms with E-state index in [4.69, 9.17) is 9.47 Å². The number of carbonyl (C=O) groups excluding carboxylic acids is 1. The zero-order valence-corrected chi connectivity index (χ0v) is 14.9. The van der Waals surface area contributed by atoms with E-state index >= 15 is 0 Å². The maximum atomic E-state index is 12.9. The number of aliphatic carboxylic acids is 1. The molecule has 0 radical (unpaired) electrons. The Balaban J connectivity index is 2.00. The molecule has 6 nitrogen and oxygen atoms in total. The predicted octanol–water partition coefficient (Wildman–Crippen LogP) is 2.65. The predicted molar refractivity (Wildman–Crippen MR) is 91.8 cm³/mol. The molecule has 2 heterocycles. The van der Waals surface area contributed by atoms with Crippen LogP contribution >= 0.6 is 0 Å². The summed E-state index contributed by atoms with van der Waals surface area (Å²) in [4.78, 5) is 26.1. The van der Waals surface area contributed by atoms with Crippen LogP contribution in [0, 0.1) is 11.8 Å². The van der Waals surface area contributed by atoms with Gasteiger partial charge in [0.15, 0.2) is 11.5 Å². The summed E-state index contributed by atoms with van der Waals surface area (Å²) in [6, 6.07) is 3.85. The van der Waals surface area contributed by atoms with Crippen LogP contribution in [0.2, 0.25) is 0 Å². The van der Waals surface area contributed by atoms with Crippen molar-refractivity contribution in [3.8, 4) is 11.5 Å². The van der Waals surface area contributed by atoms with Crippen LogP contribution in [0.4, 0.5) is 0 Å². The smallest absolute Gasteiger partial charge is 0.303 e. The molecule has 6 heteroatoms. The number of nitrogens with zero attached hydrogens (tertiary/aromatic N) is 1. The highest BCUT2D eigenvalue weighted by Crippen LogP contribution is 2.46. The molecule has 1 fully saturated rings. The Morgan fingerprint density at radius 3 is 2.56 bits per heavy atom. The molecule has 1 aromatic carbocycles. The van der Waals surface area contributed by atoms with E-state index in [9.17, 15) is 14.7 Å². The molecule has 1 saturated heterocycles. The maximum Gasteiger partial charge on any atom is 0.303 e. The van der Waals surface area contributed by atoms with Crippen LogP contribution in [-0.2, 0) is 16.0 Å². The highest BCUT2D eigenvalue weighted by molar-refractivity contribution is 5.82. The van der Waals surface area contributed by atoms with Crippen molar-refractivity contribution in [3.63, 3.8) is 0 Å². The number of hydrogen-bond acceptors (Lipinski definition) is 4. The van der Waals surface area contributed by atoms with Crippen molar-refractivity contribution >= 4 is 11.9 Å². The highest BCUT2D eigenvalue weighted by Gasteiger charge is 2.44. The summed E-state index contributed by atoms with van der Waals surface area (Å²) in [7, 11) is 3.20. The van der Waals surface area contributed by atoms with Gasteiger partial charge in [-0.3, -0.25) is 9.59 Å². The van der Waals surface area contributed by atoms with Crippen LogP contribution in [0.1, 0.15) is 43.4 Å². The largest absolute Gasteiger partial charge is 0.493 e. The van der Waals surface area contributed by atoms with E-state index in [1.807, 2.05) is 24.0 Å². The Bertz CT molecular complexity index is 687. The number of carboxylic acid groups (broad SMARTS) is 1. The normalized spacial score (nSPS) is 25.2. The van der Waals surface area contributed by atoms with Crippen molar-refractivity contribution in [2.75, 3.05) is 20.8 Å². The first-order chi connectivity index (χ1) is 12.0. The molecule has 0 bridgehead atoms. The summed E-state index contributed by atoms with van der Waals surface area (Å²) < 4.78 is 10.8. The van der Waals surface area contributed by atoms with Crippen LogP contribution in [0.3, 0.4) is 0 Å². The van der Waals surface area contributed by atoms with Crippen LogP contribution < -0.4 is 9.47 Å². The monoisotopic (exact) mass is 347 g/mol. The number of piperidine rings is 1. The fourth-order valence-electron chi connectivity index (χ4n) is 4.37. The van der Waals surface area contributed by atoms with Crippen LogP contribution in [0.15, 0.2) is 12.1 Å². The second kappa shape index (κ2) is 6.94. The third-order valence-corrected chi connectivity index (χ3v) is 5.57. The molecule has 0 aliphatic carbocycles. The molecule has 1 N–H and O–H groups in total. The van der Waals surface area contributed by atoms with Crippen molar-refractivity contribution in [3.05, 3.63) is 23.3 Å². The first kappa shape index (κ1) is 17.6. The third-order valence-electron chi connectivity index (χ3n) is 5.57. The van der Waals surface area contributed by atoms with E-state index in [1.165, 1.54) is 0 Å². The Hall–Kier alpha value is -2.24. The van der Waals surface area contributed by atoms with E-state index in [0.717, 1.165) is 17.5 Å². The number of rotatable bonds is 5. The number of hydrogen-bond donors (Lipinski definition) is 1. The maximum absolute atomic E-state index is 12.9. The summed E-state index contributed by atoms with van der Waals surface area (Å²) >= 11 is 0. The van der Waals surface area contributed by atoms with Gasteiger partial charge in [-0.2, -0.15) is 0 Å². The number of carboxylic acids is 1. The van der Waals surface area contributed by atoms with Crippen molar-refractivity contribution < 1.29 is 24.2 Å². The van der Waals surface area contributed by atoms with Crippen molar-refractivity contribution in [1.29, 1.82) is 0 Å². The molecule has 1 aromatic rings. The molecular weight excluding hydrogens is 322 g/mol. The van der Waals surface area contributed by atoms with Gasteiger partial charge in [-0.05, 0) is 48.4 Å². The molecular formula is C19H25NO5. The van der Waals surface area contributed by atoms with E-state index in [0.29, 0.717) is 30.9 Å². The van der Waals surface area contributed by atoms with E-state index in [-0.39, 0.29) is 30.2 Å². The minimum Gasteiger partial charge on any atom is -0.493 e. The van der Waals surface area contributed by atoms with E-state index in [2.05, 4.69) is 0 Å². The minimum atomic E-state index is -0.840. The van der Waals surface area contributed by atoms with E-state index in [1.54, 1.807) is 14.2 Å². The van der Waals surface area contributed by atoms with Gasteiger partial charge in [0, 0.05) is 18.9 Å². The SMILES string of the molecule is CCC1C(=O)N2CCc3cc(OC)c(OC)cc3C2CC1CC(=O)O. The number of methoxy groups -OCH3 is 2. The highest BCUT2D eigenvalue weighted by atomic mass is 16.5. The summed E-state index contributed by atoms with van der Waals surface area (Å²) in [6.07, 6.45) is 2.17. The number of amides is 1. The molecule has 136 valence electrons. The number of fused-ring (bicyclic) bond motifs is 3. The number of benzene rings is 1. The number of carbonyl (C=O) groups is 2. The Labute approximate surface area is 147 Å². The standard InChI is InChI=1S/C19H25NO5/c1-4-13-12(9-18(21)22)7-15-14-10-17(25-3)16(24-2)8-11(14)5-6-20(15)19(13)23/h8,10,12-13,15H,4-7,9H2,1-3H3,(H,21,22). The number of ether oxygens (including phenoxy) is 2. The summed E-state index contributed by atoms with van der Waals surface area (Å²) in [5.41, 5.74) is 2.21. The fourth-order valence-corrected chi connectivity index (χ4v) is 4.37. The van der Waals surface area contributed by atoms with Crippen LogP contribution in [0.5, 0.6) is 11.5 Å². The van der Waals surface area contributed by atoms with Gasteiger partial charge in [-0.1, -0.05) is 6.92 Å². The molecule has 3 unspecified atom stereocenters. The first-order valence-corrected chi connectivity index (χ1v) is 8.77. The van der Waals surface area contributed by atoms with Crippen molar-refractivity contribution in [1.82, 2.24) is 4.90 Å². The van der Waals surface area contributed by atoms with Gasteiger partial charge < -0.3 is 19.5 Å². The van der Waals surface area contributed by atoms with Gasteiger partial charge in [0.05, 0.1) is 20.3 Å². The topological polar surface area (TPSA) is 76.1 Å². The quantitative estimate of drug-likeness (QED) is 0.886. The second-order valence-electron chi connectivity index (χ2n) is 6.81. The molecule has 0 aromatic heterocycles. The Morgan fingerprint density at radius 2 is 1.96 bits per heavy atom. The van der Waals surface area contributed by atoms with Gasteiger partial charge in [0.2, 0.25) is 5.91 Å². The Morgan fingerprint density at radius 1 is 1.28 bits per heavy atom. The van der Waals surface area contributed by atoms with Gasteiger partial charge in [-0.15, -0.1) is 0 Å². The molecule has 2 aliphatic rings. The van der Waals surface area contributed by atoms with Crippen molar-refractivity contribution in [2.45, 2.75) is 38.6 Å². The van der Waals surface area contributed by atoms with E-state index < -0.39 is 5.97 Å². The third kappa shape index (κ3) is 3.05. The molecule has 0 spiro atoms. The molecule has 1 amide bonds. The second-order valence-corrected chi connectivity index (χ2v) is 6.81. The Kier molecular flexibility index (Phi) is 4.88. The summed E-state index contributed by atoms with van der Waals surface area (Å²) in [5.74, 6) is 0.246. The zero-order chi connectivity index (χ0) is 18.1. The van der Waals surface area contributed by atoms with Gasteiger partial charge in [0.1, 0.15) is 0 Å². The lowest BCUT2D eigenvalue weighted by atomic mass is 9.74. The summed E-state index contributed by atoms with van der Waals surface area (Å²) in [6.45, 7) is 2.63. The van der Waals surface area contributed by atoms with Gasteiger partial charge in [-0.25, -0.2) is 0 Å². The average Bonchev–Trinajstić information content (AvgIpc) is 2.60. The lowest BCUT2D eigenvalue weighted by Crippen LogP contribution is -2.50. The molecule has 0 saturated carbocycles. The fraction of sp³-hybridized carbons (Fsp3) is 0.579.